The van der Waals surface area contributed by atoms with Gasteiger partial charge < -0.3 is 14.6 Å². The van der Waals surface area contributed by atoms with Crippen molar-refractivity contribution in [1.82, 2.24) is 0 Å². The molecule has 0 saturated carbocycles. The van der Waals surface area contributed by atoms with Crippen molar-refractivity contribution in [2.75, 3.05) is 18.7 Å². The van der Waals surface area contributed by atoms with Gasteiger partial charge in [-0.05, 0) is 31.5 Å². The summed E-state index contributed by atoms with van der Waals surface area (Å²) < 4.78 is 10.8. The van der Waals surface area contributed by atoms with Crippen LogP contribution in [0.4, 0.5) is 5.69 Å². The number of methoxy groups -OCH3 is 1. The predicted molar refractivity (Wildman–Crippen MR) is 66.4 cm³/mol. The van der Waals surface area contributed by atoms with E-state index in [1.165, 1.54) is 7.11 Å². The highest BCUT2D eigenvalue weighted by Crippen LogP contribution is 2.38. The molecule has 1 N–H and O–H groups in total. The number of aliphatic hydroxyl groups excluding tert-OH is 1. The van der Waals surface area contributed by atoms with Crippen LogP contribution in [0, 0.1) is 0 Å². The second-order valence-corrected chi connectivity index (χ2v) is 4.72. The van der Waals surface area contributed by atoms with Crippen LogP contribution in [0.5, 0.6) is 5.75 Å². The molecule has 0 radical (unpaired) electrons. The molecule has 0 bridgehead atoms. The van der Waals surface area contributed by atoms with Crippen molar-refractivity contribution in [2.24, 2.45) is 0 Å². The van der Waals surface area contributed by atoms with Crippen molar-refractivity contribution >= 4 is 11.6 Å². The molecule has 2 rings (SSSR count). The molecule has 1 aromatic rings. The van der Waals surface area contributed by atoms with Crippen molar-refractivity contribution in [3.05, 3.63) is 23.8 Å². The number of carbonyl (C=O) groups excluding carboxylic acids is 1. The van der Waals surface area contributed by atoms with Gasteiger partial charge in [-0.2, -0.15) is 0 Å². The Morgan fingerprint density at radius 1 is 1.44 bits per heavy atom. The van der Waals surface area contributed by atoms with E-state index < -0.39 is 5.60 Å². The van der Waals surface area contributed by atoms with Crippen LogP contribution in [0.1, 0.15) is 19.4 Å². The summed E-state index contributed by atoms with van der Waals surface area (Å²) in [5.74, 6) is 0.441. The Morgan fingerprint density at radius 2 is 2.17 bits per heavy atom. The molecule has 1 aliphatic heterocycles. The fourth-order valence-corrected chi connectivity index (χ4v) is 1.97. The molecule has 0 aromatic heterocycles. The number of aliphatic hydroxyl groups is 1. The maximum Gasteiger partial charge on any atom is 0.272 e. The lowest BCUT2D eigenvalue weighted by atomic mass is 10.0. The van der Waals surface area contributed by atoms with Crippen molar-refractivity contribution in [1.29, 1.82) is 0 Å². The standard InChI is InChI=1S/C13H17NO4/c1-13(2)12(16)14(8-17-3)10-5-4-9(7-15)6-11(10)18-13/h4-6,15H,7-8H2,1-3H3. The number of rotatable bonds is 3. The lowest BCUT2D eigenvalue weighted by molar-refractivity contribution is -0.133. The third kappa shape index (κ3) is 2.07. The van der Waals surface area contributed by atoms with E-state index in [9.17, 15) is 4.79 Å². The second-order valence-electron chi connectivity index (χ2n) is 4.72. The molecular weight excluding hydrogens is 234 g/mol. The molecule has 18 heavy (non-hydrogen) atoms. The molecule has 5 nitrogen and oxygen atoms in total. The van der Waals surface area contributed by atoms with Gasteiger partial charge in [0.05, 0.1) is 12.3 Å². The summed E-state index contributed by atoms with van der Waals surface area (Å²) in [5.41, 5.74) is 0.481. The number of anilines is 1. The molecule has 1 amide bonds. The second kappa shape index (κ2) is 4.59. The van der Waals surface area contributed by atoms with Gasteiger partial charge in [0.15, 0.2) is 5.60 Å². The Balaban J connectivity index is 2.48. The van der Waals surface area contributed by atoms with E-state index in [1.54, 1.807) is 36.9 Å². The molecule has 0 spiro atoms. The normalized spacial score (nSPS) is 17.3. The zero-order chi connectivity index (χ0) is 13.3. The summed E-state index contributed by atoms with van der Waals surface area (Å²) in [6.45, 7) is 3.55. The topological polar surface area (TPSA) is 59.0 Å². The number of hydrogen-bond acceptors (Lipinski definition) is 4. The third-order valence-corrected chi connectivity index (χ3v) is 2.88. The Labute approximate surface area is 106 Å². The van der Waals surface area contributed by atoms with Gasteiger partial charge in [-0.3, -0.25) is 9.69 Å². The summed E-state index contributed by atoms with van der Waals surface area (Å²) in [6, 6.07) is 5.26. The highest BCUT2D eigenvalue weighted by Gasteiger charge is 2.40. The van der Waals surface area contributed by atoms with E-state index >= 15 is 0 Å². The first-order valence-electron chi connectivity index (χ1n) is 5.73. The Kier molecular flexibility index (Phi) is 3.28. The van der Waals surface area contributed by atoms with E-state index in [0.29, 0.717) is 11.4 Å². The summed E-state index contributed by atoms with van der Waals surface area (Å²) >= 11 is 0. The van der Waals surface area contributed by atoms with Crippen LogP contribution in [0.2, 0.25) is 0 Å². The SMILES string of the molecule is COCN1C(=O)C(C)(C)Oc2cc(CO)ccc21. The number of hydrogen-bond donors (Lipinski definition) is 1. The molecule has 1 aliphatic rings. The summed E-state index contributed by atoms with van der Waals surface area (Å²) in [6.07, 6.45) is 0. The van der Waals surface area contributed by atoms with Crippen LogP contribution in [0.25, 0.3) is 0 Å². The van der Waals surface area contributed by atoms with Crippen molar-refractivity contribution in [3.8, 4) is 5.75 Å². The lowest BCUT2D eigenvalue weighted by Crippen LogP contribution is -2.53. The highest BCUT2D eigenvalue weighted by atomic mass is 16.5. The molecule has 0 unspecified atom stereocenters. The molecule has 98 valence electrons. The van der Waals surface area contributed by atoms with E-state index in [4.69, 9.17) is 14.6 Å². The number of carbonyl (C=O) groups is 1. The quantitative estimate of drug-likeness (QED) is 0.879. The maximum absolute atomic E-state index is 12.2. The van der Waals surface area contributed by atoms with Gasteiger partial charge in [-0.1, -0.05) is 6.07 Å². The number of benzene rings is 1. The zero-order valence-corrected chi connectivity index (χ0v) is 10.8. The molecule has 0 aliphatic carbocycles. The first kappa shape index (κ1) is 12.9. The van der Waals surface area contributed by atoms with E-state index in [0.717, 1.165) is 5.56 Å². The molecule has 5 heteroatoms. The van der Waals surface area contributed by atoms with Gasteiger partial charge in [-0.15, -0.1) is 0 Å². The molecule has 1 aromatic carbocycles. The first-order chi connectivity index (χ1) is 8.49. The fraction of sp³-hybridized carbons (Fsp3) is 0.462. The van der Waals surface area contributed by atoms with Crippen LogP contribution in [0.15, 0.2) is 18.2 Å². The summed E-state index contributed by atoms with van der Waals surface area (Å²) in [5, 5.41) is 9.13. The zero-order valence-electron chi connectivity index (χ0n) is 10.8. The van der Waals surface area contributed by atoms with Gasteiger partial charge in [0, 0.05) is 7.11 Å². The minimum atomic E-state index is -0.931. The Hall–Kier alpha value is -1.59. The van der Waals surface area contributed by atoms with E-state index in [-0.39, 0.29) is 19.2 Å². The minimum Gasteiger partial charge on any atom is -0.476 e. The van der Waals surface area contributed by atoms with Gasteiger partial charge in [0.2, 0.25) is 0 Å². The largest absolute Gasteiger partial charge is 0.476 e. The van der Waals surface area contributed by atoms with Gasteiger partial charge in [-0.25, -0.2) is 0 Å². The van der Waals surface area contributed by atoms with Crippen LogP contribution in [0.3, 0.4) is 0 Å². The molecule has 0 saturated heterocycles. The number of nitrogens with zero attached hydrogens (tertiary/aromatic N) is 1. The average Bonchev–Trinajstić information content (AvgIpc) is 2.34. The molecule has 0 atom stereocenters. The van der Waals surface area contributed by atoms with Crippen molar-refractivity contribution in [3.63, 3.8) is 0 Å². The fourth-order valence-electron chi connectivity index (χ4n) is 1.97. The van der Waals surface area contributed by atoms with Crippen LogP contribution < -0.4 is 9.64 Å². The Bertz CT molecular complexity index is 470. The predicted octanol–water partition coefficient (Wildman–Crippen LogP) is 1.29. The first-order valence-corrected chi connectivity index (χ1v) is 5.73. The third-order valence-electron chi connectivity index (χ3n) is 2.88. The maximum atomic E-state index is 12.2. The van der Waals surface area contributed by atoms with Gasteiger partial charge in [0.1, 0.15) is 12.5 Å². The molecular formula is C13H17NO4. The molecule has 0 fully saturated rings. The number of fused-ring (bicyclic) bond motifs is 1. The smallest absolute Gasteiger partial charge is 0.272 e. The minimum absolute atomic E-state index is 0.0602. The highest BCUT2D eigenvalue weighted by molar-refractivity contribution is 6.02. The summed E-state index contributed by atoms with van der Waals surface area (Å²) in [7, 11) is 1.54. The van der Waals surface area contributed by atoms with Crippen LogP contribution in [-0.4, -0.2) is 30.5 Å². The Morgan fingerprint density at radius 3 is 2.78 bits per heavy atom. The number of amides is 1. The van der Waals surface area contributed by atoms with Gasteiger partial charge in [0.25, 0.3) is 5.91 Å². The van der Waals surface area contributed by atoms with E-state index in [2.05, 4.69) is 0 Å². The average molecular weight is 251 g/mol. The molecule has 1 heterocycles. The van der Waals surface area contributed by atoms with E-state index in [1.807, 2.05) is 0 Å². The van der Waals surface area contributed by atoms with Crippen LogP contribution in [-0.2, 0) is 16.1 Å². The monoisotopic (exact) mass is 251 g/mol. The lowest BCUT2D eigenvalue weighted by Gasteiger charge is -2.38. The van der Waals surface area contributed by atoms with Gasteiger partial charge >= 0.3 is 0 Å². The number of ether oxygens (including phenoxy) is 2. The van der Waals surface area contributed by atoms with Crippen molar-refractivity contribution in [2.45, 2.75) is 26.1 Å². The summed E-state index contributed by atoms with van der Waals surface area (Å²) in [4.78, 5) is 13.8. The van der Waals surface area contributed by atoms with Crippen LogP contribution >= 0.6 is 0 Å². The van der Waals surface area contributed by atoms with Crippen molar-refractivity contribution < 1.29 is 19.4 Å².